The molecule has 0 N–H and O–H groups in total. The lowest BCUT2D eigenvalue weighted by Crippen LogP contribution is -2.43. The summed E-state index contributed by atoms with van der Waals surface area (Å²) in [6, 6.07) is 18.5. The first-order chi connectivity index (χ1) is 10.8. The Labute approximate surface area is 132 Å². The van der Waals surface area contributed by atoms with E-state index in [0.717, 1.165) is 38.4 Å². The van der Waals surface area contributed by atoms with Gasteiger partial charge in [0.25, 0.3) is 0 Å². The van der Waals surface area contributed by atoms with Gasteiger partial charge in [-0.25, -0.2) is 0 Å². The van der Waals surface area contributed by atoms with Crippen LogP contribution in [0.4, 0.5) is 5.69 Å². The van der Waals surface area contributed by atoms with E-state index >= 15 is 0 Å². The fourth-order valence-electron chi connectivity index (χ4n) is 2.62. The molecule has 4 nitrogen and oxygen atoms in total. The summed E-state index contributed by atoms with van der Waals surface area (Å²) in [6.07, 6.45) is 0. The molecule has 3 rings (SSSR count). The second-order valence-corrected chi connectivity index (χ2v) is 5.68. The van der Waals surface area contributed by atoms with Crippen LogP contribution in [0.2, 0.25) is 0 Å². The fraction of sp³-hybridized carbons (Fsp3) is 0.333. The van der Waals surface area contributed by atoms with Gasteiger partial charge < -0.3 is 0 Å². The molecule has 0 radical (unpaired) electrons. The molecule has 0 amide bonds. The minimum atomic E-state index is 0.907. The van der Waals surface area contributed by atoms with Crippen LogP contribution in [0.5, 0.6) is 0 Å². The fourth-order valence-corrected chi connectivity index (χ4v) is 2.62. The molecule has 1 aliphatic rings. The molecule has 0 atom stereocenters. The predicted molar refractivity (Wildman–Crippen MR) is 89.0 cm³/mol. The summed E-state index contributed by atoms with van der Waals surface area (Å²) in [4.78, 5) is 2.48. The number of hydrogen-bond donors (Lipinski definition) is 0. The zero-order chi connectivity index (χ0) is 15.2. The SMILES string of the molecule is Cc1ccccc1CN1CCN(/N=N/c2ccccc2)CC1. The Morgan fingerprint density at radius 2 is 1.55 bits per heavy atom. The molecule has 0 saturated carbocycles. The van der Waals surface area contributed by atoms with Gasteiger partial charge in [0.15, 0.2) is 0 Å². The van der Waals surface area contributed by atoms with Crippen molar-refractivity contribution in [2.75, 3.05) is 26.2 Å². The van der Waals surface area contributed by atoms with E-state index in [4.69, 9.17) is 0 Å². The summed E-state index contributed by atoms with van der Waals surface area (Å²) in [5.41, 5.74) is 3.69. The Morgan fingerprint density at radius 1 is 0.864 bits per heavy atom. The van der Waals surface area contributed by atoms with E-state index in [1.807, 2.05) is 30.3 Å². The topological polar surface area (TPSA) is 31.2 Å². The Bertz CT molecular complexity index is 616. The highest BCUT2D eigenvalue weighted by atomic mass is 15.6. The number of nitrogens with zero attached hydrogens (tertiary/aromatic N) is 4. The highest BCUT2D eigenvalue weighted by Gasteiger charge is 2.16. The number of aryl methyl sites for hydroxylation is 1. The summed E-state index contributed by atoms with van der Waals surface area (Å²) in [5, 5.41) is 10.7. The Morgan fingerprint density at radius 3 is 2.27 bits per heavy atom. The van der Waals surface area contributed by atoms with Crippen molar-refractivity contribution in [1.29, 1.82) is 0 Å². The average Bonchev–Trinajstić information content (AvgIpc) is 2.57. The summed E-state index contributed by atoms with van der Waals surface area (Å²) in [7, 11) is 0. The molecule has 0 bridgehead atoms. The van der Waals surface area contributed by atoms with E-state index < -0.39 is 0 Å². The minimum absolute atomic E-state index is 0.907. The molecular formula is C18H22N4. The third-order valence-electron chi connectivity index (χ3n) is 4.05. The second-order valence-electron chi connectivity index (χ2n) is 5.68. The minimum Gasteiger partial charge on any atom is -0.295 e. The lowest BCUT2D eigenvalue weighted by atomic mass is 10.1. The van der Waals surface area contributed by atoms with Gasteiger partial charge >= 0.3 is 0 Å². The molecule has 2 aromatic carbocycles. The molecule has 2 aromatic rings. The smallest absolute Gasteiger partial charge is 0.0874 e. The summed E-state index contributed by atoms with van der Waals surface area (Å²) in [5.74, 6) is 0. The van der Waals surface area contributed by atoms with E-state index in [9.17, 15) is 0 Å². The van der Waals surface area contributed by atoms with E-state index in [1.54, 1.807) is 0 Å². The summed E-state index contributed by atoms with van der Waals surface area (Å²) in [6.45, 7) is 7.13. The van der Waals surface area contributed by atoms with Crippen molar-refractivity contribution in [3.8, 4) is 0 Å². The first-order valence-corrected chi connectivity index (χ1v) is 7.80. The van der Waals surface area contributed by atoms with Gasteiger partial charge in [0.1, 0.15) is 0 Å². The van der Waals surface area contributed by atoms with Crippen LogP contribution in [-0.4, -0.2) is 36.1 Å². The maximum absolute atomic E-state index is 4.34. The van der Waals surface area contributed by atoms with Crippen LogP contribution < -0.4 is 0 Å². The lowest BCUT2D eigenvalue weighted by molar-refractivity contribution is 0.124. The zero-order valence-corrected chi connectivity index (χ0v) is 13.0. The van der Waals surface area contributed by atoms with Gasteiger partial charge in [0.2, 0.25) is 0 Å². The normalized spacial score (nSPS) is 16.3. The molecule has 114 valence electrons. The van der Waals surface area contributed by atoms with Crippen LogP contribution in [0.1, 0.15) is 11.1 Å². The van der Waals surface area contributed by atoms with Crippen molar-refractivity contribution < 1.29 is 0 Å². The van der Waals surface area contributed by atoms with Crippen LogP contribution in [0.15, 0.2) is 64.9 Å². The predicted octanol–water partition coefficient (Wildman–Crippen LogP) is 3.81. The number of piperazine rings is 1. The summed E-state index contributed by atoms with van der Waals surface area (Å²) >= 11 is 0. The Kier molecular flexibility index (Phi) is 4.81. The number of hydrogen-bond acceptors (Lipinski definition) is 3. The van der Waals surface area contributed by atoms with E-state index in [1.165, 1.54) is 11.1 Å². The van der Waals surface area contributed by atoms with Crippen LogP contribution in [0.3, 0.4) is 0 Å². The third kappa shape index (κ3) is 3.92. The van der Waals surface area contributed by atoms with Gasteiger partial charge in [0, 0.05) is 19.6 Å². The van der Waals surface area contributed by atoms with Crippen molar-refractivity contribution in [3.05, 3.63) is 65.7 Å². The Hall–Kier alpha value is -2.20. The maximum Gasteiger partial charge on any atom is 0.0874 e. The lowest BCUT2D eigenvalue weighted by Gasteiger charge is -2.32. The first-order valence-electron chi connectivity index (χ1n) is 7.80. The van der Waals surface area contributed by atoms with Crippen LogP contribution in [0, 0.1) is 6.92 Å². The molecule has 1 heterocycles. The van der Waals surface area contributed by atoms with E-state index in [-0.39, 0.29) is 0 Å². The van der Waals surface area contributed by atoms with Gasteiger partial charge in [-0.05, 0) is 30.2 Å². The van der Waals surface area contributed by atoms with Crippen molar-refractivity contribution in [2.45, 2.75) is 13.5 Å². The van der Waals surface area contributed by atoms with E-state index in [0.29, 0.717) is 0 Å². The van der Waals surface area contributed by atoms with Crippen LogP contribution in [0.25, 0.3) is 0 Å². The third-order valence-corrected chi connectivity index (χ3v) is 4.05. The highest BCUT2D eigenvalue weighted by molar-refractivity contribution is 5.34. The van der Waals surface area contributed by atoms with Crippen molar-refractivity contribution in [2.24, 2.45) is 10.3 Å². The van der Waals surface area contributed by atoms with Gasteiger partial charge in [-0.1, -0.05) is 47.7 Å². The molecule has 0 unspecified atom stereocenters. The van der Waals surface area contributed by atoms with E-state index in [2.05, 4.69) is 51.4 Å². The molecule has 1 aliphatic heterocycles. The quantitative estimate of drug-likeness (QED) is 0.803. The first kappa shape index (κ1) is 14.7. The molecular weight excluding hydrogens is 272 g/mol. The van der Waals surface area contributed by atoms with Gasteiger partial charge in [-0.15, -0.1) is 5.11 Å². The second kappa shape index (κ2) is 7.18. The molecule has 22 heavy (non-hydrogen) atoms. The molecule has 0 spiro atoms. The molecule has 1 saturated heterocycles. The maximum atomic E-state index is 4.34. The van der Waals surface area contributed by atoms with Gasteiger partial charge in [-0.2, -0.15) is 0 Å². The van der Waals surface area contributed by atoms with Crippen LogP contribution in [-0.2, 0) is 6.54 Å². The molecule has 1 fully saturated rings. The van der Waals surface area contributed by atoms with Crippen LogP contribution >= 0.6 is 0 Å². The molecule has 0 aromatic heterocycles. The van der Waals surface area contributed by atoms with Crippen molar-refractivity contribution in [3.63, 3.8) is 0 Å². The molecule has 0 aliphatic carbocycles. The Balaban J connectivity index is 1.50. The molecule has 4 heteroatoms. The number of benzene rings is 2. The highest BCUT2D eigenvalue weighted by Crippen LogP contribution is 2.14. The van der Waals surface area contributed by atoms with Crippen molar-refractivity contribution in [1.82, 2.24) is 9.91 Å². The monoisotopic (exact) mass is 294 g/mol. The largest absolute Gasteiger partial charge is 0.295 e. The van der Waals surface area contributed by atoms with Gasteiger partial charge in [-0.3, -0.25) is 9.91 Å². The average molecular weight is 294 g/mol. The number of rotatable bonds is 4. The van der Waals surface area contributed by atoms with Gasteiger partial charge in [0.05, 0.1) is 18.8 Å². The van der Waals surface area contributed by atoms with Crippen molar-refractivity contribution >= 4 is 5.69 Å². The zero-order valence-electron chi connectivity index (χ0n) is 13.0. The summed E-state index contributed by atoms with van der Waals surface area (Å²) < 4.78 is 0. The standard InChI is InChI=1S/C18H22N4/c1-16-7-5-6-8-17(16)15-21-11-13-22(14-12-21)20-19-18-9-3-2-4-10-18/h2-10H,11-15H2,1H3/b20-19+.